The highest BCUT2D eigenvalue weighted by Gasteiger charge is 2.04. The van der Waals surface area contributed by atoms with E-state index in [0.717, 1.165) is 23.6 Å². The highest BCUT2D eigenvalue weighted by atomic mass is 35.5. The molecule has 0 spiro atoms. The summed E-state index contributed by atoms with van der Waals surface area (Å²) < 4.78 is 1.88. The van der Waals surface area contributed by atoms with Gasteiger partial charge in [0.25, 0.3) is 0 Å². The Balaban J connectivity index is 1.70. The maximum Gasteiger partial charge on any atom is 0.0518 e. The van der Waals surface area contributed by atoms with Crippen molar-refractivity contribution in [2.45, 2.75) is 13.1 Å². The third kappa shape index (κ3) is 2.50. The van der Waals surface area contributed by atoms with Gasteiger partial charge in [0.05, 0.1) is 5.69 Å². The van der Waals surface area contributed by atoms with Crippen molar-refractivity contribution in [2.75, 3.05) is 0 Å². The Bertz CT molecular complexity index is 698. The van der Waals surface area contributed by atoms with Gasteiger partial charge in [-0.15, -0.1) is 0 Å². The molecule has 0 saturated heterocycles. The van der Waals surface area contributed by atoms with E-state index in [9.17, 15) is 0 Å². The summed E-state index contributed by atoms with van der Waals surface area (Å²) >= 11 is 5.97. The highest BCUT2D eigenvalue weighted by molar-refractivity contribution is 6.31. The lowest BCUT2D eigenvalue weighted by Gasteiger charge is -2.04. The summed E-state index contributed by atoms with van der Waals surface area (Å²) in [6.45, 7) is 1.61. The molecule has 0 radical (unpaired) electrons. The van der Waals surface area contributed by atoms with Crippen LogP contribution in [0, 0.1) is 0 Å². The predicted molar refractivity (Wildman–Crippen MR) is 77.1 cm³/mol. The topological polar surface area (TPSA) is 45.6 Å². The fourth-order valence-electron chi connectivity index (χ4n) is 2.20. The first-order valence-electron chi connectivity index (χ1n) is 6.17. The fraction of sp³-hybridized carbons (Fsp3) is 0.214. The van der Waals surface area contributed by atoms with Crippen molar-refractivity contribution in [2.24, 2.45) is 7.05 Å². The molecule has 0 aliphatic heterocycles. The van der Waals surface area contributed by atoms with Crippen LogP contribution in [0.25, 0.3) is 10.9 Å². The van der Waals surface area contributed by atoms with Crippen LogP contribution in [0.4, 0.5) is 0 Å². The minimum atomic E-state index is 0.753. The second-order valence-electron chi connectivity index (χ2n) is 4.55. The van der Waals surface area contributed by atoms with Crippen LogP contribution < -0.4 is 5.32 Å². The zero-order valence-corrected chi connectivity index (χ0v) is 11.4. The number of nitrogens with one attached hydrogen (secondary N) is 2. The number of fused-ring (bicyclic) bond motifs is 1. The molecule has 19 heavy (non-hydrogen) atoms. The molecule has 0 atom stereocenters. The van der Waals surface area contributed by atoms with Crippen molar-refractivity contribution in [3.63, 3.8) is 0 Å². The van der Waals surface area contributed by atoms with Gasteiger partial charge in [-0.3, -0.25) is 4.68 Å². The largest absolute Gasteiger partial charge is 0.361 e. The standard InChI is InChI=1S/C14H15ClN4/c1-19-12(4-5-18-19)9-16-7-10-8-17-14-6-11(15)2-3-13(10)14/h2-6,8,16-17H,7,9H2,1H3. The molecule has 0 saturated carbocycles. The second-order valence-corrected chi connectivity index (χ2v) is 4.99. The molecule has 0 unspecified atom stereocenters. The number of rotatable bonds is 4. The maximum atomic E-state index is 5.97. The normalized spacial score (nSPS) is 11.3. The molecule has 2 aromatic heterocycles. The Hall–Kier alpha value is -1.78. The molecule has 4 nitrogen and oxygen atoms in total. The highest BCUT2D eigenvalue weighted by Crippen LogP contribution is 2.21. The second kappa shape index (κ2) is 5.07. The molecule has 0 aliphatic carbocycles. The Morgan fingerprint density at radius 1 is 1.32 bits per heavy atom. The van der Waals surface area contributed by atoms with E-state index >= 15 is 0 Å². The van der Waals surface area contributed by atoms with Crippen LogP contribution in [0.3, 0.4) is 0 Å². The quantitative estimate of drug-likeness (QED) is 0.768. The van der Waals surface area contributed by atoms with E-state index in [-0.39, 0.29) is 0 Å². The van der Waals surface area contributed by atoms with E-state index in [1.807, 2.05) is 42.3 Å². The number of aryl methyl sites for hydroxylation is 1. The van der Waals surface area contributed by atoms with E-state index in [0.29, 0.717) is 0 Å². The molecule has 0 aliphatic rings. The molecular weight excluding hydrogens is 260 g/mol. The summed E-state index contributed by atoms with van der Waals surface area (Å²) in [7, 11) is 1.95. The van der Waals surface area contributed by atoms with Crippen molar-refractivity contribution in [3.8, 4) is 0 Å². The molecule has 0 fully saturated rings. The average Bonchev–Trinajstić information content (AvgIpc) is 2.97. The number of hydrogen-bond acceptors (Lipinski definition) is 2. The molecule has 0 bridgehead atoms. The zero-order chi connectivity index (χ0) is 13.2. The third-order valence-electron chi connectivity index (χ3n) is 3.27. The molecule has 0 amide bonds. The number of benzene rings is 1. The molecule has 2 heterocycles. The van der Waals surface area contributed by atoms with Gasteiger partial charge in [-0.25, -0.2) is 0 Å². The Morgan fingerprint density at radius 3 is 3.00 bits per heavy atom. The lowest BCUT2D eigenvalue weighted by Crippen LogP contribution is -2.15. The number of halogens is 1. The summed E-state index contributed by atoms with van der Waals surface area (Å²) in [6.07, 6.45) is 3.84. The van der Waals surface area contributed by atoms with Gasteiger partial charge in [-0.05, 0) is 23.8 Å². The third-order valence-corrected chi connectivity index (χ3v) is 3.51. The van der Waals surface area contributed by atoms with E-state index in [2.05, 4.69) is 21.5 Å². The van der Waals surface area contributed by atoms with Crippen LogP contribution in [-0.4, -0.2) is 14.8 Å². The van der Waals surface area contributed by atoms with Crippen molar-refractivity contribution in [3.05, 3.63) is 52.9 Å². The van der Waals surface area contributed by atoms with E-state index in [1.54, 1.807) is 0 Å². The van der Waals surface area contributed by atoms with Crippen LogP contribution in [0.15, 0.2) is 36.7 Å². The number of aromatic nitrogens is 3. The van der Waals surface area contributed by atoms with Crippen LogP contribution >= 0.6 is 11.6 Å². The van der Waals surface area contributed by atoms with Crippen LogP contribution in [0.1, 0.15) is 11.3 Å². The van der Waals surface area contributed by atoms with Crippen molar-refractivity contribution < 1.29 is 0 Å². The first-order valence-corrected chi connectivity index (χ1v) is 6.55. The lowest BCUT2D eigenvalue weighted by molar-refractivity contribution is 0.627. The predicted octanol–water partition coefficient (Wildman–Crippen LogP) is 2.84. The number of H-pyrrole nitrogens is 1. The van der Waals surface area contributed by atoms with Gasteiger partial charge in [-0.1, -0.05) is 17.7 Å². The van der Waals surface area contributed by atoms with Crippen molar-refractivity contribution in [1.29, 1.82) is 0 Å². The fourth-order valence-corrected chi connectivity index (χ4v) is 2.38. The molecular formula is C14H15ClN4. The van der Waals surface area contributed by atoms with Crippen LogP contribution in [-0.2, 0) is 20.1 Å². The molecule has 3 aromatic rings. The first-order chi connectivity index (χ1) is 9.24. The molecule has 98 valence electrons. The minimum absolute atomic E-state index is 0.753. The summed E-state index contributed by atoms with van der Waals surface area (Å²) in [6, 6.07) is 7.93. The van der Waals surface area contributed by atoms with E-state index < -0.39 is 0 Å². The van der Waals surface area contributed by atoms with Gasteiger partial charge < -0.3 is 10.3 Å². The summed E-state index contributed by atoms with van der Waals surface area (Å²) in [4.78, 5) is 3.24. The van der Waals surface area contributed by atoms with Crippen molar-refractivity contribution >= 4 is 22.5 Å². The van der Waals surface area contributed by atoms with E-state index in [1.165, 1.54) is 16.6 Å². The van der Waals surface area contributed by atoms with Crippen LogP contribution in [0.2, 0.25) is 5.02 Å². The number of hydrogen-bond donors (Lipinski definition) is 2. The maximum absolute atomic E-state index is 5.97. The van der Waals surface area contributed by atoms with E-state index in [4.69, 9.17) is 11.6 Å². The van der Waals surface area contributed by atoms with Gasteiger partial charge >= 0.3 is 0 Å². The van der Waals surface area contributed by atoms with Gasteiger partial charge in [0.2, 0.25) is 0 Å². The molecule has 2 N–H and O–H groups in total. The van der Waals surface area contributed by atoms with Gasteiger partial charge in [0, 0.05) is 48.5 Å². The van der Waals surface area contributed by atoms with Gasteiger partial charge in [-0.2, -0.15) is 5.10 Å². The Kier molecular flexibility index (Phi) is 3.27. The lowest BCUT2D eigenvalue weighted by atomic mass is 10.2. The summed E-state index contributed by atoms with van der Waals surface area (Å²) in [5, 5.41) is 9.54. The first kappa shape index (κ1) is 12.3. The van der Waals surface area contributed by atoms with Crippen LogP contribution in [0.5, 0.6) is 0 Å². The molecule has 1 aromatic carbocycles. The Morgan fingerprint density at radius 2 is 2.21 bits per heavy atom. The zero-order valence-electron chi connectivity index (χ0n) is 10.7. The summed E-state index contributed by atoms with van der Waals surface area (Å²) in [5.41, 5.74) is 3.49. The monoisotopic (exact) mass is 274 g/mol. The smallest absolute Gasteiger partial charge is 0.0518 e. The average molecular weight is 275 g/mol. The number of aromatic amines is 1. The van der Waals surface area contributed by atoms with Crippen molar-refractivity contribution in [1.82, 2.24) is 20.1 Å². The number of nitrogens with zero attached hydrogens (tertiary/aromatic N) is 2. The molecule has 5 heteroatoms. The Labute approximate surface area is 116 Å². The molecule has 3 rings (SSSR count). The summed E-state index contributed by atoms with van der Waals surface area (Å²) in [5.74, 6) is 0. The van der Waals surface area contributed by atoms with Gasteiger partial charge in [0.15, 0.2) is 0 Å². The minimum Gasteiger partial charge on any atom is -0.361 e. The van der Waals surface area contributed by atoms with Gasteiger partial charge in [0.1, 0.15) is 0 Å². The SMILES string of the molecule is Cn1nccc1CNCc1c[nH]c2cc(Cl)ccc12.